The zero-order chi connectivity index (χ0) is 41.3. The number of aromatic hydroxyl groups is 1. The van der Waals surface area contributed by atoms with E-state index in [0.717, 1.165) is 47.6 Å². The number of aliphatic hydroxyl groups is 1. The molecule has 0 aliphatic heterocycles. The summed E-state index contributed by atoms with van der Waals surface area (Å²) in [7, 11) is 0. The molecule has 0 amide bonds. The van der Waals surface area contributed by atoms with Crippen molar-refractivity contribution in [3.8, 4) is 28.4 Å². The van der Waals surface area contributed by atoms with Crippen molar-refractivity contribution in [3.63, 3.8) is 0 Å². The molecule has 18 heteroatoms. The molecule has 1 aliphatic rings. The topological polar surface area (TPSA) is 195 Å². The maximum atomic E-state index is 13.7. The monoisotopic (exact) mass is 843 g/mol. The zero-order valence-electron chi connectivity index (χ0n) is 33.2. The third kappa shape index (κ3) is 8.31. The SMILES string of the molecule is CC(C)c1cnn2c(N[C@H]3CCc4[nH]ccc4C3)nc(-c3cncc(F)c3)nc12.OCc1cnn2c(NCCc3c[nH]c4c(O)cccc34)cc(-c3cncc(F)c3)nc12.S. The summed E-state index contributed by atoms with van der Waals surface area (Å²) >= 11 is 0. The van der Waals surface area contributed by atoms with Crippen LogP contribution in [-0.2, 0) is 25.9 Å². The number of hydrogen-bond acceptors (Lipinski definition) is 11. The van der Waals surface area contributed by atoms with Gasteiger partial charge in [-0.3, -0.25) is 9.97 Å². The first-order chi connectivity index (χ1) is 29.2. The Morgan fingerprint density at radius 2 is 1.66 bits per heavy atom. The van der Waals surface area contributed by atoms with E-state index in [1.54, 1.807) is 39.8 Å². The third-order valence-electron chi connectivity index (χ3n) is 10.6. The standard InChI is InChI=1S/C22H19FN6O2.C21H22FN7.H2S/c23-16-6-14(8-24-11-16)18-7-20(29-22(28-18)15(12-30)10-27-29)25-5-4-13-9-26-21-17(13)2-1-3-19(21)31;1-12(2)17-11-25-29-20(17)27-19(14-7-15(22)10-23-9-14)28-21(29)26-16-3-4-18-13(8-16)5-6-24-18;/h1-3,6-11,25-26,30-31H,4-5,12H2;5-7,9-12,16,24H,3-4,8H2,1-2H3,(H,26,27,28);1H2/t;16-;/m.0./s1. The number of nitrogens with one attached hydrogen (secondary N) is 4. The number of pyridine rings is 2. The van der Waals surface area contributed by atoms with Crippen molar-refractivity contribution >= 4 is 47.5 Å². The van der Waals surface area contributed by atoms with Crippen molar-refractivity contribution in [1.82, 2.24) is 54.1 Å². The van der Waals surface area contributed by atoms with Gasteiger partial charge in [0.1, 0.15) is 23.2 Å². The summed E-state index contributed by atoms with van der Waals surface area (Å²) in [5.41, 5.74) is 8.83. The number of hydrogen-bond donors (Lipinski definition) is 6. The molecular formula is C43H43F2N13O2S. The molecular weight excluding hydrogens is 801 g/mol. The van der Waals surface area contributed by atoms with Crippen LogP contribution in [0.25, 0.3) is 44.8 Å². The van der Waals surface area contributed by atoms with E-state index in [2.05, 4.69) is 75.6 Å². The molecule has 0 radical (unpaired) electrons. The van der Waals surface area contributed by atoms with E-state index in [4.69, 9.17) is 0 Å². The van der Waals surface area contributed by atoms with E-state index >= 15 is 0 Å². The maximum absolute atomic E-state index is 13.7. The summed E-state index contributed by atoms with van der Waals surface area (Å²) in [5, 5.41) is 36.3. The first-order valence-corrected chi connectivity index (χ1v) is 19.6. The third-order valence-corrected chi connectivity index (χ3v) is 10.6. The Balaban J connectivity index is 0.000000166. The molecule has 6 N–H and O–H groups in total. The molecule has 8 heterocycles. The van der Waals surface area contributed by atoms with Crippen LogP contribution in [0.3, 0.4) is 0 Å². The van der Waals surface area contributed by atoms with Gasteiger partial charge in [-0.25, -0.2) is 18.7 Å². The smallest absolute Gasteiger partial charge is 0.228 e. The van der Waals surface area contributed by atoms with Crippen molar-refractivity contribution in [2.75, 3.05) is 17.2 Å². The Kier molecular flexibility index (Phi) is 11.6. The molecule has 0 bridgehead atoms. The number of anilines is 2. The van der Waals surface area contributed by atoms with Crippen molar-refractivity contribution in [1.29, 1.82) is 0 Å². The number of aromatic amines is 2. The molecule has 9 aromatic rings. The van der Waals surface area contributed by atoms with Crippen LogP contribution in [0.5, 0.6) is 5.75 Å². The molecule has 0 spiro atoms. The minimum atomic E-state index is -0.452. The molecule has 312 valence electrons. The summed E-state index contributed by atoms with van der Waals surface area (Å²) in [6, 6.07) is 12.3. The number of phenols is 1. The number of H-pyrrole nitrogens is 2. The Morgan fingerprint density at radius 1 is 0.869 bits per heavy atom. The van der Waals surface area contributed by atoms with Gasteiger partial charge in [-0.05, 0) is 67.0 Å². The van der Waals surface area contributed by atoms with Crippen LogP contribution in [0.2, 0.25) is 0 Å². The molecule has 8 aromatic heterocycles. The molecule has 1 aliphatic carbocycles. The summed E-state index contributed by atoms with van der Waals surface area (Å²) in [6.07, 6.45) is 16.3. The highest BCUT2D eigenvalue weighted by Gasteiger charge is 2.23. The van der Waals surface area contributed by atoms with Crippen molar-refractivity contribution in [2.45, 2.75) is 58.1 Å². The largest absolute Gasteiger partial charge is 0.506 e. The highest BCUT2D eigenvalue weighted by Crippen LogP contribution is 2.29. The summed E-state index contributed by atoms with van der Waals surface area (Å²) in [6.45, 7) is 4.57. The van der Waals surface area contributed by atoms with Crippen LogP contribution in [0, 0.1) is 11.6 Å². The maximum Gasteiger partial charge on any atom is 0.228 e. The first kappa shape index (κ1) is 40.8. The molecule has 0 saturated heterocycles. The minimum absolute atomic E-state index is 0. The Labute approximate surface area is 354 Å². The number of benzene rings is 1. The van der Waals surface area contributed by atoms with Crippen molar-refractivity contribution < 1.29 is 19.0 Å². The van der Waals surface area contributed by atoms with Gasteiger partial charge in [0.05, 0.1) is 42.6 Å². The normalized spacial score (nSPS) is 13.6. The predicted octanol–water partition coefficient (Wildman–Crippen LogP) is 7.12. The van der Waals surface area contributed by atoms with Crippen molar-refractivity contribution in [2.24, 2.45) is 0 Å². The molecule has 0 unspecified atom stereocenters. The average molecular weight is 844 g/mol. The van der Waals surface area contributed by atoms with Crippen LogP contribution in [0.15, 0.2) is 92.0 Å². The van der Waals surface area contributed by atoms with Crippen LogP contribution in [0.1, 0.15) is 54.1 Å². The first-order valence-electron chi connectivity index (χ1n) is 19.6. The number of para-hydroxylation sites is 1. The molecule has 61 heavy (non-hydrogen) atoms. The number of aromatic nitrogens is 11. The lowest BCUT2D eigenvalue weighted by Crippen LogP contribution is -2.28. The van der Waals surface area contributed by atoms with Gasteiger partial charge in [0, 0.05) is 76.8 Å². The Hall–Kier alpha value is -6.92. The van der Waals surface area contributed by atoms with Gasteiger partial charge in [-0.2, -0.15) is 37.7 Å². The number of nitrogens with zero attached hydrogens (tertiary/aromatic N) is 9. The van der Waals surface area contributed by atoms with Crippen molar-refractivity contribution in [3.05, 3.63) is 132 Å². The van der Waals surface area contributed by atoms with Gasteiger partial charge in [0.2, 0.25) is 5.95 Å². The number of rotatable bonds is 10. The zero-order valence-corrected chi connectivity index (χ0v) is 34.2. The second kappa shape index (κ2) is 17.4. The van der Waals surface area contributed by atoms with E-state index in [1.807, 2.05) is 30.7 Å². The number of aliphatic hydroxyl groups excluding tert-OH is 1. The van der Waals surface area contributed by atoms with Crippen LogP contribution >= 0.6 is 13.5 Å². The van der Waals surface area contributed by atoms with E-state index in [1.165, 1.54) is 29.6 Å². The lowest BCUT2D eigenvalue weighted by atomic mass is 9.93. The molecule has 15 nitrogen and oxygen atoms in total. The van der Waals surface area contributed by atoms with Crippen LogP contribution in [0.4, 0.5) is 20.5 Å². The Bertz CT molecular complexity index is 2980. The molecule has 0 fully saturated rings. The van der Waals surface area contributed by atoms with E-state index in [9.17, 15) is 19.0 Å². The van der Waals surface area contributed by atoms with Gasteiger partial charge in [0.15, 0.2) is 17.1 Å². The number of aryl methyl sites for hydroxylation is 1. The number of halogens is 2. The second-order valence-electron chi connectivity index (χ2n) is 15.0. The quantitative estimate of drug-likeness (QED) is 0.0821. The fourth-order valence-corrected chi connectivity index (χ4v) is 7.58. The highest BCUT2D eigenvalue weighted by molar-refractivity contribution is 7.59. The van der Waals surface area contributed by atoms with Crippen LogP contribution in [-0.4, -0.2) is 76.9 Å². The van der Waals surface area contributed by atoms with Gasteiger partial charge < -0.3 is 30.8 Å². The average Bonchev–Trinajstić information content (AvgIpc) is 4.07. The highest BCUT2D eigenvalue weighted by atomic mass is 32.1. The van der Waals surface area contributed by atoms with E-state index in [-0.39, 0.29) is 37.8 Å². The molecule has 0 saturated carbocycles. The predicted molar refractivity (Wildman–Crippen MR) is 233 cm³/mol. The second-order valence-corrected chi connectivity index (χ2v) is 15.0. The molecule has 1 atom stereocenters. The minimum Gasteiger partial charge on any atom is -0.506 e. The summed E-state index contributed by atoms with van der Waals surface area (Å²) in [5.74, 6) is 1.32. The number of fused-ring (bicyclic) bond motifs is 4. The lowest BCUT2D eigenvalue weighted by Gasteiger charge is -2.24. The fourth-order valence-electron chi connectivity index (χ4n) is 7.58. The Morgan fingerprint density at radius 3 is 2.44 bits per heavy atom. The van der Waals surface area contributed by atoms with Gasteiger partial charge in [0.25, 0.3) is 0 Å². The lowest BCUT2D eigenvalue weighted by molar-refractivity contribution is 0.283. The number of phenolic OH excluding ortho intramolecular Hbond substituents is 1. The summed E-state index contributed by atoms with van der Waals surface area (Å²) < 4.78 is 30.8. The van der Waals surface area contributed by atoms with Gasteiger partial charge >= 0.3 is 0 Å². The fraction of sp³-hybridized carbons (Fsp3) is 0.233. The van der Waals surface area contributed by atoms with Gasteiger partial charge in [-0.1, -0.05) is 26.0 Å². The molecule has 10 rings (SSSR count). The van der Waals surface area contributed by atoms with E-state index < -0.39 is 11.6 Å². The summed E-state index contributed by atoms with van der Waals surface area (Å²) in [4.78, 5) is 28.2. The molecule has 1 aromatic carbocycles. The van der Waals surface area contributed by atoms with E-state index in [0.29, 0.717) is 64.1 Å². The van der Waals surface area contributed by atoms with Gasteiger partial charge in [-0.15, -0.1) is 0 Å². The van der Waals surface area contributed by atoms with Crippen LogP contribution < -0.4 is 10.6 Å².